The number of hydrogen-bond acceptors (Lipinski definition) is 1. The molecule has 20 heavy (non-hydrogen) atoms. The number of rotatable bonds is 5. The summed E-state index contributed by atoms with van der Waals surface area (Å²) in [6.07, 6.45) is 7.98. The highest BCUT2D eigenvalue weighted by Crippen LogP contribution is 2.34. The molecule has 1 aliphatic rings. The fourth-order valence-electron chi connectivity index (χ4n) is 3.12. The predicted molar refractivity (Wildman–Crippen MR) is 81.6 cm³/mol. The first-order valence-corrected chi connectivity index (χ1v) is 7.58. The third-order valence-corrected chi connectivity index (χ3v) is 4.69. The molecule has 1 heterocycles. The van der Waals surface area contributed by atoms with E-state index in [0.717, 1.165) is 31.2 Å². The van der Waals surface area contributed by atoms with Crippen LogP contribution in [0.1, 0.15) is 44.6 Å². The quantitative estimate of drug-likeness (QED) is 0.857. The normalized spacial score (nSPS) is 16.9. The number of benzene rings is 1. The van der Waals surface area contributed by atoms with Gasteiger partial charge in [0.15, 0.2) is 0 Å². The highest BCUT2D eigenvalue weighted by atomic mass is 16.1. The Labute approximate surface area is 119 Å². The zero-order valence-corrected chi connectivity index (χ0v) is 12.0. The molecule has 3 nitrogen and oxygen atoms in total. The first-order valence-electron chi connectivity index (χ1n) is 7.58. The summed E-state index contributed by atoms with van der Waals surface area (Å²) in [5, 5.41) is 4.47. The van der Waals surface area contributed by atoms with Gasteiger partial charge in [0.2, 0.25) is 5.91 Å². The molecular weight excluding hydrogens is 248 g/mol. The van der Waals surface area contributed by atoms with Crippen LogP contribution < -0.4 is 5.32 Å². The number of carbonyl (C=O) groups is 1. The zero-order chi connectivity index (χ0) is 14.0. The van der Waals surface area contributed by atoms with Crippen molar-refractivity contribution in [1.82, 2.24) is 10.3 Å². The molecule has 0 spiro atoms. The van der Waals surface area contributed by atoms with Gasteiger partial charge in [-0.05, 0) is 43.7 Å². The molecule has 1 fully saturated rings. The molecule has 0 aliphatic heterocycles. The van der Waals surface area contributed by atoms with Crippen LogP contribution >= 0.6 is 0 Å². The highest BCUT2D eigenvalue weighted by Gasteiger charge is 2.36. The summed E-state index contributed by atoms with van der Waals surface area (Å²) in [6, 6.07) is 8.25. The largest absolute Gasteiger partial charge is 0.361 e. The molecule has 3 heteroatoms. The third kappa shape index (κ3) is 2.45. The topological polar surface area (TPSA) is 44.9 Å². The van der Waals surface area contributed by atoms with Crippen molar-refractivity contribution in [2.75, 3.05) is 0 Å². The summed E-state index contributed by atoms with van der Waals surface area (Å²) < 4.78 is 0. The fraction of sp³-hybridized carbons (Fsp3) is 0.471. The van der Waals surface area contributed by atoms with Crippen LogP contribution in [0.5, 0.6) is 0 Å². The van der Waals surface area contributed by atoms with E-state index in [-0.39, 0.29) is 11.4 Å². The molecule has 0 bridgehead atoms. The maximum absolute atomic E-state index is 12.1. The number of aryl methyl sites for hydroxylation is 1. The van der Waals surface area contributed by atoms with E-state index in [1.54, 1.807) is 0 Å². The Morgan fingerprint density at radius 3 is 2.85 bits per heavy atom. The molecule has 0 unspecified atom stereocenters. The average Bonchev–Trinajstić information content (AvgIpc) is 2.84. The van der Waals surface area contributed by atoms with E-state index >= 15 is 0 Å². The second-order valence-electron chi connectivity index (χ2n) is 5.90. The number of aromatic nitrogens is 1. The Balaban J connectivity index is 1.60. The van der Waals surface area contributed by atoms with Gasteiger partial charge >= 0.3 is 0 Å². The molecule has 106 valence electrons. The number of hydrogen-bond donors (Lipinski definition) is 2. The number of carbonyl (C=O) groups excluding carboxylic acids is 1. The molecular formula is C17H22N2O. The Bertz CT molecular complexity index is 605. The van der Waals surface area contributed by atoms with Crippen molar-refractivity contribution >= 4 is 16.8 Å². The summed E-state index contributed by atoms with van der Waals surface area (Å²) in [5.41, 5.74) is 2.49. The van der Waals surface area contributed by atoms with E-state index in [0.29, 0.717) is 6.42 Å². The standard InChI is InChI=1S/C17H22N2O/c1-2-17(10-5-11-17)19-16(20)9-8-13-12-18-15-7-4-3-6-14(13)15/h3-4,6-7,12,18H,2,5,8-11H2,1H3,(H,19,20). The van der Waals surface area contributed by atoms with Gasteiger partial charge < -0.3 is 10.3 Å². The van der Waals surface area contributed by atoms with Crippen LogP contribution in [0, 0.1) is 0 Å². The molecule has 2 N–H and O–H groups in total. The molecule has 2 aromatic rings. The molecule has 3 rings (SSSR count). The van der Waals surface area contributed by atoms with E-state index in [1.807, 2.05) is 18.3 Å². The molecule has 1 saturated carbocycles. The van der Waals surface area contributed by atoms with Gasteiger partial charge in [-0.25, -0.2) is 0 Å². The van der Waals surface area contributed by atoms with Crippen molar-refractivity contribution in [3.8, 4) is 0 Å². The van der Waals surface area contributed by atoms with Gasteiger partial charge in [-0.15, -0.1) is 0 Å². The van der Waals surface area contributed by atoms with Crippen molar-refractivity contribution in [1.29, 1.82) is 0 Å². The maximum atomic E-state index is 12.1. The van der Waals surface area contributed by atoms with Gasteiger partial charge in [0.25, 0.3) is 0 Å². The summed E-state index contributed by atoms with van der Waals surface area (Å²) in [4.78, 5) is 15.4. The lowest BCUT2D eigenvalue weighted by Gasteiger charge is -2.42. The number of fused-ring (bicyclic) bond motifs is 1. The van der Waals surface area contributed by atoms with Crippen molar-refractivity contribution in [2.45, 2.75) is 51.0 Å². The van der Waals surface area contributed by atoms with Gasteiger partial charge in [-0.3, -0.25) is 4.79 Å². The van der Waals surface area contributed by atoms with E-state index in [1.165, 1.54) is 17.4 Å². The first kappa shape index (κ1) is 13.2. The van der Waals surface area contributed by atoms with Crippen LogP contribution in [-0.4, -0.2) is 16.4 Å². The maximum Gasteiger partial charge on any atom is 0.220 e. The molecule has 1 aromatic heterocycles. The van der Waals surface area contributed by atoms with Gasteiger partial charge in [-0.2, -0.15) is 0 Å². The van der Waals surface area contributed by atoms with Crippen LogP contribution in [0.4, 0.5) is 0 Å². The van der Waals surface area contributed by atoms with Crippen LogP contribution in [0.15, 0.2) is 30.5 Å². The van der Waals surface area contributed by atoms with Crippen LogP contribution in [-0.2, 0) is 11.2 Å². The molecule has 0 atom stereocenters. The van der Waals surface area contributed by atoms with Crippen molar-refractivity contribution in [3.05, 3.63) is 36.0 Å². The van der Waals surface area contributed by atoms with Gasteiger partial charge in [0.05, 0.1) is 0 Å². The third-order valence-electron chi connectivity index (χ3n) is 4.69. The molecule has 1 aliphatic carbocycles. The van der Waals surface area contributed by atoms with E-state index < -0.39 is 0 Å². The number of para-hydroxylation sites is 1. The van der Waals surface area contributed by atoms with Gasteiger partial charge in [-0.1, -0.05) is 25.1 Å². The van der Waals surface area contributed by atoms with Crippen LogP contribution in [0.3, 0.4) is 0 Å². The second kappa shape index (κ2) is 5.31. The van der Waals surface area contributed by atoms with Gasteiger partial charge in [0.1, 0.15) is 0 Å². The first-order chi connectivity index (χ1) is 9.72. The Kier molecular flexibility index (Phi) is 3.51. The summed E-state index contributed by atoms with van der Waals surface area (Å²) in [6.45, 7) is 2.17. The molecule has 1 aromatic carbocycles. The monoisotopic (exact) mass is 270 g/mol. The smallest absolute Gasteiger partial charge is 0.220 e. The number of H-pyrrole nitrogens is 1. The molecule has 0 saturated heterocycles. The number of nitrogens with one attached hydrogen (secondary N) is 2. The van der Waals surface area contributed by atoms with E-state index in [9.17, 15) is 4.79 Å². The van der Waals surface area contributed by atoms with Gasteiger partial charge in [0, 0.05) is 29.1 Å². The SMILES string of the molecule is CCC1(NC(=O)CCc2c[nH]c3ccccc23)CCC1. The molecule has 0 radical (unpaired) electrons. The van der Waals surface area contributed by atoms with E-state index in [4.69, 9.17) is 0 Å². The number of amides is 1. The minimum Gasteiger partial charge on any atom is -0.361 e. The summed E-state index contributed by atoms with van der Waals surface area (Å²) >= 11 is 0. The van der Waals surface area contributed by atoms with Crippen molar-refractivity contribution in [2.24, 2.45) is 0 Å². The average molecular weight is 270 g/mol. The fourth-order valence-corrected chi connectivity index (χ4v) is 3.12. The highest BCUT2D eigenvalue weighted by molar-refractivity contribution is 5.84. The Hall–Kier alpha value is -1.77. The minimum atomic E-state index is 0.108. The summed E-state index contributed by atoms with van der Waals surface area (Å²) in [7, 11) is 0. The molecule has 1 amide bonds. The van der Waals surface area contributed by atoms with Crippen LogP contribution in [0.2, 0.25) is 0 Å². The predicted octanol–water partition coefficient (Wildman–Crippen LogP) is 3.55. The lowest BCUT2D eigenvalue weighted by atomic mass is 9.75. The van der Waals surface area contributed by atoms with Crippen molar-refractivity contribution < 1.29 is 4.79 Å². The van der Waals surface area contributed by atoms with Crippen molar-refractivity contribution in [3.63, 3.8) is 0 Å². The Morgan fingerprint density at radius 1 is 1.35 bits per heavy atom. The zero-order valence-electron chi connectivity index (χ0n) is 12.0. The Morgan fingerprint density at radius 2 is 2.15 bits per heavy atom. The lowest BCUT2D eigenvalue weighted by Crippen LogP contribution is -2.53. The van der Waals surface area contributed by atoms with Crippen LogP contribution in [0.25, 0.3) is 10.9 Å². The number of aromatic amines is 1. The second-order valence-corrected chi connectivity index (χ2v) is 5.90. The minimum absolute atomic E-state index is 0.108. The lowest BCUT2D eigenvalue weighted by molar-refractivity contribution is -0.124. The van der Waals surface area contributed by atoms with E-state index in [2.05, 4.69) is 29.4 Å². The summed E-state index contributed by atoms with van der Waals surface area (Å²) in [5.74, 6) is 0.192.